The van der Waals surface area contributed by atoms with Crippen molar-refractivity contribution in [3.63, 3.8) is 0 Å². The molecule has 4 rings (SSSR count). The highest BCUT2D eigenvalue weighted by molar-refractivity contribution is 6.06. The first-order valence-corrected chi connectivity index (χ1v) is 7.29. The second kappa shape index (κ2) is 5.46. The molecule has 2 amide bonds. The summed E-state index contributed by atoms with van der Waals surface area (Å²) in [5.41, 5.74) is 2.43. The molecule has 5 nitrogen and oxygen atoms in total. The largest absolute Gasteiger partial charge is 0.323 e. The van der Waals surface area contributed by atoms with E-state index in [9.17, 15) is 4.79 Å². The monoisotopic (exact) mass is 302 g/mol. The maximum absolute atomic E-state index is 12.3. The second-order valence-electron chi connectivity index (χ2n) is 5.22. The summed E-state index contributed by atoms with van der Waals surface area (Å²) >= 11 is 0. The number of amides is 2. The molecule has 4 aromatic rings. The van der Waals surface area contributed by atoms with Crippen molar-refractivity contribution < 1.29 is 4.79 Å². The van der Waals surface area contributed by atoms with Gasteiger partial charge < -0.3 is 10.6 Å². The van der Waals surface area contributed by atoms with Gasteiger partial charge in [-0.15, -0.1) is 0 Å². The summed E-state index contributed by atoms with van der Waals surface area (Å²) in [5, 5.41) is 12.0. The van der Waals surface area contributed by atoms with E-state index in [2.05, 4.69) is 15.7 Å². The predicted octanol–water partition coefficient (Wildman–Crippen LogP) is 4.13. The van der Waals surface area contributed by atoms with E-state index in [-0.39, 0.29) is 6.03 Å². The first-order valence-electron chi connectivity index (χ1n) is 7.29. The lowest BCUT2D eigenvalue weighted by molar-refractivity contribution is 0.262. The molecule has 2 N–H and O–H groups in total. The molecule has 5 heteroatoms. The minimum atomic E-state index is -0.273. The minimum absolute atomic E-state index is 0.273. The lowest BCUT2D eigenvalue weighted by atomic mass is 10.1. The summed E-state index contributed by atoms with van der Waals surface area (Å²) in [4.78, 5) is 12.3. The van der Waals surface area contributed by atoms with Crippen LogP contribution in [0.1, 0.15) is 0 Å². The molecule has 0 aliphatic heterocycles. The number of benzene rings is 2. The van der Waals surface area contributed by atoms with Gasteiger partial charge in [0.15, 0.2) is 0 Å². The zero-order valence-corrected chi connectivity index (χ0v) is 12.2. The Labute approximate surface area is 132 Å². The van der Waals surface area contributed by atoms with E-state index in [4.69, 9.17) is 0 Å². The number of hydrogen-bond acceptors (Lipinski definition) is 2. The number of anilines is 2. The van der Waals surface area contributed by atoms with Crippen molar-refractivity contribution in [2.45, 2.75) is 0 Å². The number of hydrogen-bond donors (Lipinski definition) is 2. The third-order valence-electron chi connectivity index (χ3n) is 3.70. The van der Waals surface area contributed by atoms with E-state index >= 15 is 0 Å². The molecule has 0 fully saturated rings. The van der Waals surface area contributed by atoms with Gasteiger partial charge in [-0.05, 0) is 29.7 Å². The SMILES string of the molecule is O=C(Nc1ccn2nccc2c1)Nc1cccc2ccccc12. The van der Waals surface area contributed by atoms with Crippen molar-refractivity contribution in [1.82, 2.24) is 9.61 Å². The molecule has 2 heterocycles. The van der Waals surface area contributed by atoms with Crippen molar-refractivity contribution in [2.24, 2.45) is 0 Å². The van der Waals surface area contributed by atoms with E-state index in [1.54, 1.807) is 10.7 Å². The Morgan fingerprint density at radius 3 is 2.78 bits per heavy atom. The highest BCUT2D eigenvalue weighted by Gasteiger charge is 2.06. The van der Waals surface area contributed by atoms with Gasteiger partial charge in [0.05, 0.1) is 11.2 Å². The fraction of sp³-hybridized carbons (Fsp3) is 0. The van der Waals surface area contributed by atoms with Crippen molar-refractivity contribution in [2.75, 3.05) is 10.6 Å². The zero-order valence-electron chi connectivity index (χ0n) is 12.2. The smallest absolute Gasteiger partial charge is 0.308 e. The van der Waals surface area contributed by atoms with Crippen LogP contribution in [0.15, 0.2) is 73.1 Å². The summed E-state index contributed by atoms with van der Waals surface area (Å²) in [6.07, 6.45) is 3.53. The summed E-state index contributed by atoms with van der Waals surface area (Å²) < 4.78 is 1.74. The van der Waals surface area contributed by atoms with Crippen molar-refractivity contribution >= 4 is 33.7 Å². The molecule has 2 aromatic carbocycles. The van der Waals surface area contributed by atoms with E-state index in [0.717, 1.165) is 27.7 Å². The van der Waals surface area contributed by atoms with Crippen molar-refractivity contribution in [1.29, 1.82) is 0 Å². The van der Waals surface area contributed by atoms with Gasteiger partial charge in [-0.3, -0.25) is 0 Å². The highest BCUT2D eigenvalue weighted by Crippen LogP contribution is 2.23. The number of carbonyl (C=O) groups is 1. The van der Waals surface area contributed by atoms with Gasteiger partial charge >= 0.3 is 6.03 Å². The molecule has 0 saturated heterocycles. The Kier molecular flexibility index (Phi) is 3.16. The molecule has 2 aromatic heterocycles. The first kappa shape index (κ1) is 13.3. The Balaban J connectivity index is 1.57. The van der Waals surface area contributed by atoms with Crippen LogP contribution in [0.4, 0.5) is 16.2 Å². The van der Waals surface area contributed by atoms with Crippen LogP contribution >= 0.6 is 0 Å². The summed E-state index contributed by atoms with van der Waals surface area (Å²) in [6.45, 7) is 0. The Bertz CT molecular complexity index is 1000. The Morgan fingerprint density at radius 1 is 0.957 bits per heavy atom. The standard InChI is InChI=1S/C18H14N4O/c23-18(20-14-9-11-22-15(12-14)8-10-19-22)21-17-7-3-5-13-4-1-2-6-16(13)17/h1-12H,(H2,20,21,23). The lowest BCUT2D eigenvalue weighted by Crippen LogP contribution is -2.19. The number of nitrogens with zero attached hydrogens (tertiary/aromatic N) is 2. The third-order valence-corrected chi connectivity index (χ3v) is 3.70. The molecule has 112 valence electrons. The Hall–Kier alpha value is -3.34. The number of aromatic nitrogens is 2. The van der Waals surface area contributed by atoms with E-state index < -0.39 is 0 Å². The molecule has 0 saturated carbocycles. The Morgan fingerprint density at radius 2 is 1.83 bits per heavy atom. The van der Waals surface area contributed by atoms with Gasteiger partial charge in [-0.1, -0.05) is 36.4 Å². The second-order valence-corrected chi connectivity index (χ2v) is 5.22. The topological polar surface area (TPSA) is 58.4 Å². The normalized spacial score (nSPS) is 10.8. The average Bonchev–Trinajstić information content (AvgIpc) is 3.03. The van der Waals surface area contributed by atoms with Crippen LogP contribution in [0.3, 0.4) is 0 Å². The number of rotatable bonds is 2. The number of nitrogens with one attached hydrogen (secondary N) is 2. The van der Waals surface area contributed by atoms with Crippen molar-refractivity contribution in [3.8, 4) is 0 Å². The molecular formula is C18H14N4O. The molecule has 23 heavy (non-hydrogen) atoms. The van der Waals surface area contributed by atoms with Gasteiger partial charge in [0.2, 0.25) is 0 Å². The third kappa shape index (κ3) is 2.60. The molecule has 0 aliphatic rings. The number of pyridine rings is 1. The summed E-state index contributed by atoms with van der Waals surface area (Å²) in [6, 6.07) is 19.1. The van der Waals surface area contributed by atoms with E-state index in [1.165, 1.54) is 0 Å². The molecule has 0 bridgehead atoms. The zero-order chi connectivity index (χ0) is 15.6. The highest BCUT2D eigenvalue weighted by atomic mass is 16.2. The number of fused-ring (bicyclic) bond motifs is 2. The minimum Gasteiger partial charge on any atom is -0.308 e. The van der Waals surface area contributed by atoms with Crippen LogP contribution in [-0.2, 0) is 0 Å². The molecule has 0 atom stereocenters. The van der Waals surface area contributed by atoms with E-state index in [0.29, 0.717) is 0 Å². The quantitative estimate of drug-likeness (QED) is 0.585. The summed E-state index contributed by atoms with van der Waals surface area (Å²) in [7, 11) is 0. The van der Waals surface area contributed by atoms with Gasteiger partial charge in [0.1, 0.15) is 0 Å². The molecule has 0 spiro atoms. The fourth-order valence-corrected chi connectivity index (χ4v) is 2.62. The number of urea groups is 1. The van der Waals surface area contributed by atoms with Crippen LogP contribution in [0, 0.1) is 0 Å². The molecule has 0 aliphatic carbocycles. The maximum atomic E-state index is 12.3. The molecule has 0 radical (unpaired) electrons. The van der Waals surface area contributed by atoms with Gasteiger partial charge in [-0.25, -0.2) is 9.31 Å². The first-order chi connectivity index (χ1) is 11.3. The van der Waals surface area contributed by atoms with Crippen molar-refractivity contribution in [3.05, 3.63) is 73.1 Å². The van der Waals surface area contributed by atoms with Crippen LogP contribution in [0.2, 0.25) is 0 Å². The van der Waals surface area contributed by atoms with Gasteiger partial charge in [0.25, 0.3) is 0 Å². The van der Waals surface area contributed by atoms with Crippen LogP contribution in [0.25, 0.3) is 16.3 Å². The average molecular weight is 302 g/mol. The van der Waals surface area contributed by atoms with Gasteiger partial charge in [0, 0.05) is 23.5 Å². The maximum Gasteiger partial charge on any atom is 0.323 e. The summed E-state index contributed by atoms with van der Waals surface area (Å²) in [5.74, 6) is 0. The molecule has 0 unspecified atom stereocenters. The molecular weight excluding hydrogens is 288 g/mol. The predicted molar refractivity (Wildman–Crippen MR) is 91.8 cm³/mol. The van der Waals surface area contributed by atoms with Crippen LogP contribution in [0.5, 0.6) is 0 Å². The van der Waals surface area contributed by atoms with Crippen LogP contribution in [-0.4, -0.2) is 15.6 Å². The van der Waals surface area contributed by atoms with Crippen LogP contribution < -0.4 is 10.6 Å². The van der Waals surface area contributed by atoms with E-state index in [1.807, 2.05) is 66.9 Å². The number of carbonyl (C=O) groups excluding carboxylic acids is 1. The van der Waals surface area contributed by atoms with Gasteiger partial charge in [-0.2, -0.15) is 5.10 Å². The lowest BCUT2D eigenvalue weighted by Gasteiger charge is -2.10. The fourth-order valence-electron chi connectivity index (χ4n) is 2.62.